The SMILES string of the molecule is Cc1ccc(S(=O)(=O)N2CCC[C@H]2C(=O)NCc2ccc(Cl)cc2)s1. The number of sulfonamides is 1. The molecule has 0 spiro atoms. The number of thiophene rings is 1. The van der Waals surface area contributed by atoms with E-state index in [1.165, 1.54) is 15.6 Å². The molecule has 1 fully saturated rings. The van der Waals surface area contributed by atoms with Crippen LogP contribution in [0.2, 0.25) is 5.02 Å². The van der Waals surface area contributed by atoms with Gasteiger partial charge >= 0.3 is 0 Å². The standard InChI is InChI=1S/C17H19ClN2O3S2/c1-12-4-9-16(24-12)25(22,23)20-10-2-3-15(20)17(21)19-11-13-5-7-14(18)8-6-13/h4-9,15H,2-3,10-11H2,1H3,(H,19,21)/t15-/m0/s1. The monoisotopic (exact) mass is 398 g/mol. The van der Waals surface area contributed by atoms with Crippen LogP contribution in [0.4, 0.5) is 0 Å². The Bertz CT molecular complexity index is 862. The quantitative estimate of drug-likeness (QED) is 0.841. The molecule has 0 radical (unpaired) electrons. The lowest BCUT2D eigenvalue weighted by Crippen LogP contribution is -2.45. The van der Waals surface area contributed by atoms with Crippen molar-refractivity contribution in [2.24, 2.45) is 0 Å². The van der Waals surface area contributed by atoms with E-state index in [0.717, 1.165) is 10.4 Å². The maximum atomic E-state index is 12.8. The van der Waals surface area contributed by atoms with Crippen LogP contribution >= 0.6 is 22.9 Å². The van der Waals surface area contributed by atoms with Crippen LogP contribution in [0.15, 0.2) is 40.6 Å². The molecular weight excluding hydrogens is 380 g/mol. The van der Waals surface area contributed by atoms with Gasteiger partial charge in [0.2, 0.25) is 5.91 Å². The molecule has 1 aromatic heterocycles. The van der Waals surface area contributed by atoms with Crippen LogP contribution in [0.1, 0.15) is 23.3 Å². The first-order chi connectivity index (χ1) is 11.9. The van der Waals surface area contributed by atoms with Crippen molar-refractivity contribution in [2.75, 3.05) is 6.54 Å². The van der Waals surface area contributed by atoms with E-state index in [2.05, 4.69) is 5.32 Å². The molecule has 3 rings (SSSR count). The summed E-state index contributed by atoms with van der Waals surface area (Å²) in [6.07, 6.45) is 1.22. The van der Waals surface area contributed by atoms with E-state index in [-0.39, 0.29) is 5.91 Å². The fourth-order valence-corrected chi connectivity index (χ4v) is 6.06. The largest absolute Gasteiger partial charge is 0.351 e. The minimum absolute atomic E-state index is 0.260. The Morgan fingerprint density at radius 2 is 2.00 bits per heavy atom. The average molecular weight is 399 g/mol. The van der Waals surface area contributed by atoms with Gasteiger partial charge in [-0.1, -0.05) is 23.7 Å². The average Bonchev–Trinajstić information content (AvgIpc) is 3.23. The molecule has 0 aliphatic carbocycles. The van der Waals surface area contributed by atoms with E-state index < -0.39 is 16.1 Å². The number of amides is 1. The molecule has 0 bridgehead atoms. The first-order valence-electron chi connectivity index (χ1n) is 7.98. The molecule has 1 aliphatic rings. The first-order valence-corrected chi connectivity index (χ1v) is 10.6. The lowest BCUT2D eigenvalue weighted by molar-refractivity contribution is -0.124. The fourth-order valence-electron chi connectivity index (χ4n) is 2.87. The van der Waals surface area contributed by atoms with Gasteiger partial charge in [0.05, 0.1) is 0 Å². The maximum Gasteiger partial charge on any atom is 0.253 e. The molecule has 1 amide bonds. The molecule has 1 aromatic carbocycles. The number of nitrogens with zero attached hydrogens (tertiary/aromatic N) is 1. The van der Waals surface area contributed by atoms with Crippen molar-refractivity contribution in [3.05, 3.63) is 51.9 Å². The van der Waals surface area contributed by atoms with Gasteiger partial charge in [-0.25, -0.2) is 8.42 Å². The summed E-state index contributed by atoms with van der Waals surface area (Å²) in [5.41, 5.74) is 0.916. The second-order valence-electron chi connectivity index (χ2n) is 5.98. The van der Waals surface area contributed by atoms with Crippen molar-refractivity contribution in [3.63, 3.8) is 0 Å². The molecule has 2 aromatic rings. The van der Waals surface area contributed by atoms with Gasteiger partial charge in [-0.3, -0.25) is 4.79 Å². The Morgan fingerprint density at radius 3 is 2.64 bits per heavy atom. The fraction of sp³-hybridized carbons (Fsp3) is 0.353. The number of aryl methyl sites for hydroxylation is 1. The second-order valence-corrected chi connectivity index (χ2v) is 9.82. The van der Waals surface area contributed by atoms with Crippen molar-refractivity contribution in [1.29, 1.82) is 0 Å². The van der Waals surface area contributed by atoms with E-state index in [4.69, 9.17) is 11.6 Å². The highest BCUT2D eigenvalue weighted by atomic mass is 35.5. The third kappa shape index (κ3) is 4.06. The van der Waals surface area contributed by atoms with Crippen molar-refractivity contribution in [2.45, 2.75) is 36.6 Å². The van der Waals surface area contributed by atoms with E-state index in [9.17, 15) is 13.2 Å². The number of hydrogen-bond acceptors (Lipinski definition) is 4. The van der Waals surface area contributed by atoms with Crippen LogP contribution < -0.4 is 5.32 Å². The van der Waals surface area contributed by atoms with Gasteiger partial charge in [0.25, 0.3) is 10.0 Å². The zero-order valence-electron chi connectivity index (χ0n) is 13.7. The van der Waals surface area contributed by atoms with Gasteiger partial charge in [0.1, 0.15) is 10.3 Å². The van der Waals surface area contributed by atoms with Gasteiger partial charge in [-0.2, -0.15) is 4.31 Å². The smallest absolute Gasteiger partial charge is 0.253 e. The summed E-state index contributed by atoms with van der Waals surface area (Å²) >= 11 is 7.08. The molecule has 25 heavy (non-hydrogen) atoms. The molecule has 1 saturated heterocycles. The molecule has 0 saturated carbocycles. The highest BCUT2D eigenvalue weighted by Crippen LogP contribution is 2.30. The Balaban J connectivity index is 1.70. The van der Waals surface area contributed by atoms with Crippen LogP contribution in [0.25, 0.3) is 0 Å². The normalized spacial score (nSPS) is 18.4. The number of benzene rings is 1. The molecule has 2 heterocycles. The Hall–Kier alpha value is -1.41. The summed E-state index contributed by atoms with van der Waals surface area (Å²) in [6.45, 7) is 2.58. The van der Waals surface area contributed by atoms with Crippen molar-refractivity contribution in [1.82, 2.24) is 9.62 Å². The molecule has 1 N–H and O–H groups in total. The molecule has 5 nitrogen and oxygen atoms in total. The number of nitrogens with one attached hydrogen (secondary N) is 1. The lowest BCUT2D eigenvalue weighted by atomic mass is 10.2. The molecular formula is C17H19ClN2O3S2. The van der Waals surface area contributed by atoms with Gasteiger partial charge in [-0.15, -0.1) is 11.3 Å². The number of rotatable bonds is 5. The second kappa shape index (κ2) is 7.45. The summed E-state index contributed by atoms with van der Waals surface area (Å²) < 4.78 is 27.3. The van der Waals surface area contributed by atoms with Crippen molar-refractivity contribution < 1.29 is 13.2 Å². The van der Waals surface area contributed by atoms with E-state index >= 15 is 0 Å². The van der Waals surface area contributed by atoms with Gasteiger partial charge in [-0.05, 0) is 49.6 Å². The summed E-state index contributed by atoms with van der Waals surface area (Å²) in [4.78, 5) is 13.5. The number of carbonyl (C=O) groups excluding carboxylic acids is 1. The van der Waals surface area contributed by atoms with Gasteiger partial charge in [0, 0.05) is 23.0 Å². The maximum absolute atomic E-state index is 12.8. The minimum atomic E-state index is -3.63. The predicted octanol–water partition coefficient (Wildman–Crippen LogP) is 3.18. The van der Waals surface area contributed by atoms with E-state index in [1.54, 1.807) is 24.3 Å². The highest BCUT2D eigenvalue weighted by Gasteiger charge is 2.39. The summed E-state index contributed by atoms with van der Waals surface area (Å²) in [7, 11) is -3.63. The Kier molecular flexibility index (Phi) is 5.48. The number of hydrogen-bond donors (Lipinski definition) is 1. The summed E-state index contributed by atoms with van der Waals surface area (Å²) in [5, 5.41) is 3.47. The number of carbonyl (C=O) groups is 1. The van der Waals surface area contributed by atoms with Crippen LogP contribution in [0.5, 0.6) is 0 Å². The van der Waals surface area contributed by atoms with Crippen LogP contribution in [-0.4, -0.2) is 31.2 Å². The molecule has 1 aliphatic heterocycles. The topological polar surface area (TPSA) is 66.5 Å². The van der Waals surface area contributed by atoms with Gasteiger partial charge in [0.15, 0.2) is 0 Å². The summed E-state index contributed by atoms with van der Waals surface area (Å²) in [5.74, 6) is -0.260. The molecule has 134 valence electrons. The van der Waals surface area contributed by atoms with E-state index in [0.29, 0.717) is 35.2 Å². The predicted molar refractivity (Wildman–Crippen MR) is 99.3 cm³/mol. The zero-order chi connectivity index (χ0) is 18.0. The Morgan fingerprint density at radius 1 is 1.28 bits per heavy atom. The van der Waals surface area contributed by atoms with Crippen molar-refractivity contribution in [3.8, 4) is 0 Å². The highest BCUT2D eigenvalue weighted by molar-refractivity contribution is 7.91. The summed E-state index contributed by atoms with van der Waals surface area (Å²) in [6, 6.07) is 9.92. The molecule has 8 heteroatoms. The van der Waals surface area contributed by atoms with Gasteiger partial charge < -0.3 is 5.32 Å². The zero-order valence-corrected chi connectivity index (χ0v) is 16.1. The van der Waals surface area contributed by atoms with E-state index in [1.807, 2.05) is 19.1 Å². The molecule has 0 unspecified atom stereocenters. The minimum Gasteiger partial charge on any atom is -0.351 e. The number of halogens is 1. The molecule has 1 atom stereocenters. The first kappa shape index (κ1) is 18.4. The van der Waals surface area contributed by atoms with Crippen molar-refractivity contribution >= 4 is 38.9 Å². The third-order valence-corrected chi connectivity index (χ3v) is 7.79. The Labute approximate surface area is 156 Å². The van der Waals surface area contributed by atoms with Crippen LogP contribution in [-0.2, 0) is 21.4 Å². The third-order valence-electron chi connectivity index (χ3n) is 4.17. The van der Waals surface area contributed by atoms with Crippen LogP contribution in [0.3, 0.4) is 0 Å². The van der Waals surface area contributed by atoms with Crippen LogP contribution in [0, 0.1) is 6.92 Å². The lowest BCUT2D eigenvalue weighted by Gasteiger charge is -2.22.